The number of nitrogens with one attached hydrogen (secondary N) is 1. The lowest BCUT2D eigenvalue weighted by Crippen LogP contribution is -2.30. The summed E-state index contributed by atoms with van der Waals surface area (Å²) in [6.45, 7) is 0.634. The number of carbonyl (C=O) groups excluding carboxylic acids is 2. The highest BCUT2D eigenvalue weighted by Crippen LogP contribution is 2.40. The van der Waals surface area contributed by atoms with E-state index in [-0.39, 0.29) is 17.5 Å². The van der Waals surface area contributed by atoms with Crippen LogP contribution < -0.4 is 15.0 Å². The van der Waals surface area contributed by atoms with Crippen molar-refractivity contribution in [2.24, 2.45) is 0 Å². The number of rotatable bonds is 4. The Hall–Kier alpha value is -4.23. The van der Waals surface area contributed by atoms with Gasteiger partial charge in [0.1, 0.15) is 11.4 Å². The molecule has 7 nitrogen and oxygen atoms in total. The number of benzene rings is 2. The Balaban J connectivity index is 1.38. The van der Waals surface area contributed by atoms with Crippen LogP contribution in [0.4, 0.5) is 5.69 Å². The number of anilines is 1. The van der Waals surface area contributed by atoms with Crippen molar-refractivity contribution in [1.29, 1.82) is 0 Å². The summed E-state index contributed by atoms with van der Waals surface area (Å²) in [4.78, 5) is 35.8. The van der Waals surface area contributed by atoms with Crippen LogP contribution in [0.3, 0.4) is 0 Å². The molecule has 4 aromatic rings. The van der Waals surface area contributed by atoms with Crippen molar-refractivity contribution in [2.75, 3.05) is 4.90 Å². The quantitative estimate of drug-likeness (QED) is 0.453. The predicted molar refractivity (Wildman–Crippen MR) is 128 cm³/mol. The molecule has 0 atom stereocenters. The van der Waals surface area contributed by atoms with Crippen LogP contribution in [0, 0.1) is 0 Å². The van der Waals surface area contributed by atoms with Gasteiger partial charge in [-0.25, -0.2) is 0 Å². The predicted octanol–water partition coefficient (Wildman–Crippen LogP) is 5.01. The minimum Gasteiger partial charge on any atom is -0.455 e. The van der Waals surface area contributed by atoms with Gasteiger partial charge in [-0.3, -0.25) is 19.6 Å². The first-order chi connectivity index (χ1) is 16.6. The maximum Gasteiger partial charge on any atom is 0.270 e. The molecule has 3 heterocycles. The lowest BCUT2D eigenvalue weighted by atomic mass is 10.1. The van der Waals surface area contributed by atoms with Crippen LogP contribution >= 0.6 is 11.6 Å². The number of amides is 2. The first kappa shape index (κ1) is 21.6. The van der Waals surface area contributed by atoms with Gasteiger partial charge >= 0.3 is 0 Å². The molecule has 2 aromatic carbocycles. The maximum absolute atomic E-state index is 13.5. The lowest BCUT2D eigenvalue weighted by Gasteiger charge is -2.22. The van der Waals surface area contributed by atoms with Gasteiger partial charge in [-0.2, -0.15) is 0 Å². The van der Waals surface area contributed by atoms with Crippen LogP contribution in [-0.4, -0.2) is 21.8 Å². The normalized spacial score (nSPS) is 12.1. The van der Waals surface area contributed by atoms with E-state index < -0.39 is 0 Å². The van der Waals surface area contributed by atoms with E-state index in [2.05, 4.69) is 15.3 Å². The van der Waals surface area contributed by atoms with Crippen LogP contribution in [0.5, 0.6) is 11.5 Å². The second-order valence-corrected chi connectivity index (χ2v) is 8.13. The van der Waals surface area contributed by atoms with Crippen molar-refractivity contribution < 1.29 is 14.3 Å². The summed E-state index contributed by atoms with van der Waals surface area (Å²) in [6.07, 6.45) is 4.76. The van der Waals surface area contributed by atoms with Crippen molar-refractivity contribution in [3.63, 3.8) is 0 Å². The Morgan fingerprint density at radius 3 is 2.68 bits per heavy atom. The zero-order valence-corrected chi connectivity index (χ0v) is 18.7. The van der Waals surface area contributed by atoms with Crippen LogP contribution in [-0.2, 0) is 13.1 Å². The Bertz CT molecular complexity index is 1360. The van der Waals surface area contributed by atoms with E-state index in [1.807, 2.05) is 30.3 Å². The largest absolute Gasteiger partial charge is 0.455 e. The van der Waals surface area contributed by atoms with E-state index in [4.69, 9.17) is 16.3 Å². The van der Waals surface area contributed by atoms with Gasteiger partial charge < -0.3 is 15.0 Å². The molecule has 168 valence electrons. The van der Waals surface area contributed by atoms with Crippen LogP contribution in [0.25, 0.3) is 0 Å². The summed E-state index contributed by atoms with van der Waals surface area (Å²) in [6, 6.07) is 19.5. The minimum atomic E-state index is -0.336. The van der Waals surface area contributed by atoms with Gasteiger partial charge in [-0.05, 0) is 48.0 Å². The Labute approximate surface area is 201 Å². The maximum atomic E-state index is 13.5. The standard InChI is InChI=1S/C26H19ClN4O3/c27-20-8-10-24-22(12-20)31(16-19-5-1-2-6-23(19)34-24)26(33)18-7-9-21(29-15-18)25(32)30-14-17-4-3-11-28-13-17/h1-13,15H,14,16H2,(H,30,32). The summed E-state index contributed by atoms with van der Waals surface area (Å²) < 4.78 is 6.06. The molecule has 34 heavy (non-hydrogen) atoms. The van der Waals surface area contributed by atoms with Gasteiger partial charge in [0.2, 0.25) is 0 Å². The fourth-order valence-electron chi connectivity index (χ4n) is 3.66. The Morgan fingerprint density at radius 1 is 1.00 bits per heavy atom. The lowest BCUT2D eigenvalue weighted by molar-refractivity contribution is 0.0942. The SMILES string of the molecule is O=C(NCc1cccnc1)c1ccc(C(=O)N2Cc3ccccc3Oc3ccc(Cl)cc32)cn1. The van der Waals surface area contributed by atoms with E-state index in [9.17, 15) is 9.59 Å². The topological polar surface area (TPSA) is 84.4 Å². The summed E-state index contributed by atoms with van der Waals surface area (Å²) in [7, 11) is 0. The molecule has 0 saturated carbocycles. The molecule has 0 radical (unpaired) electrons. The number of carbonyl (C=O) groups is 2. The number of hydrogen-bond acceptors (Lipinski definition) is 5. The average molecular weight is 471 g/mol. The molecule has 5 rings (SSSR count). The molecule has 0 unspecified atom stereocenters. The number of fused-ring (bicyclic) bond motifs is 2. The first-order valence-corrected chi connectivity index (χ1v) is 11.0. The second-order valence-electron chi connectivity index (χ2n) is 7.69. The van der Waals surface area contributed by atoms with E-state index in [1.165, 1.54) is 12.3 Å². The average Bonchev–Trinajstić information content (AvgIpc) is 3.04. The molecule has 1 N–H and O–H groups in total. The molecule has 0 spiro atoms. The van der Waals surface area contributed by atoms with Gasteiger partial charge in [0.05, 0.1) is 17.8 Å². The van der Waals surface area contributed by atoms with Gasteiger partial charge in [-0.15, -0.1) is 0 Å². The van der Waals surface area contributed by atoms with Crippen molar-refractivity contribution >= 4 is 29.1 Å². The zero-order valence-electron chi connectivity index (χ0n) is 17.9. The van der Waals surface area contributed by atoms with E-state index >= 15 is 0 Å². The Morgan fingerprint density at radius 2 is 1.88 bits per heavy atom. The number of para-hydroxylation sites is 1. The number of nitrogens with zero attached hydrogens (tertiary/aromatic N) is 3. The molecule has 1 aliphatic rings. The number of ether oxygens (including phenoxy) is 1. The minimum absolute atomic E-state index is 0.216. The molecule has 2 aromatic heterocycles. The number of halogens is 1. The molecular formula is C26H19ClN4O3. The molecule has 2 amide bonds. The third-order valence-electron chi connectivity index (χ3n) is 5.40. The van der Waals surface area contributed by atoms with Gasteiger partial charge in [0, 0.05) is 35.7 Å². The highest BCUT2D eigenvalue weighted by Gasteiger charge is 2.27. The smallest absolute Gasteiger partial charge is 0.270 e. The molecule has 0 aliphatic carbocycles. The molecule has 1 aliphatic heterocycles. The van der Waals surface area contributed by atoms with Crippen molar-refractivity contribution in [3.05, 3.63) is 113 Å². The third-order valence-corrected chi connectivity index (χ3v) is 5.63. The van der Waals surface area contributed by atoms with E-state index in [1.54, 1.807) is 47.6 Å². The molecular weight excluding hydrogens is 452 g/mol. The van der Waals surface area contributed by atoms with Crippen LogP contribution in [0.15, 0.2) is 85.3 Å². The van der Waals surface area contributed by atoms with Gasteiger partial charge in [-0.1, -0.05) is 35.9 Å². The van der Waals surface area contributed by atoms with E-state index in [0.29, 0.717) is 40.9 Å². The van der Waals surface area contributed by atoms with Crippen molar-refractivity contribution in [3.8, 4) is 11.5 Å². The Kier molecular flexibility index (Phi) is 5.93. The molecule has 0 saturated heterocycles. The van der Waals surface area contributed by atoms with E-state index in [0.717, 1.165) is 11.1 Å². The monoisotopic (exact) mass is 470 g/mol. The third kappa shape index (κ3) is 4.46. The fourth-order valence-corrected chi connectivity index (χ4v) is 3.83. The molecule has 0 fully saturated rings. The van der Waals surface area contributed by atoms with Crippen LogP contribution in [0.2, 0.25) is 5.02 Å². The fraction of sp³-hybridized carbons (Fsp3) is 0.0769. The number of aromatic nitrogens is 2. The van der Waals surface area contributed by atoms with Gasteiger partial charge in [0.15, 0.2) is 5.75 Å². The summed E-state index contributed by atoms with van der Waals surface area (Å²) >= 11 is 6.23. The van der Waals surface area contributed by atoms with Gasteiger partial charge in [0.25, 0.3) is 11.8 Å². The summed E-state index contributed by atoms with van der Waals surface area (Å²) in [5.74, 6) is 0.595. The number of pyridine rings is 2. The highest BCUT2D eigenvalue weighted by molar-refractivity contribution is 6.31. The second kappa shape index (κ2) is 9.33. The molecule has 0 bridgehead atoms. The van der Waals surface area contributed by atoms with Crippen LogP contribution in [0.1, 0.15) is 32.0 Å². The summed E-state index contributed by atoms with van der Waals surface area (Å²) in [5.41, 5.74) is 2.86. The highest BCUT2D eigenvalue weighted by atomic mass is 35.5. The van der Waals surface area contributed by atoms with Crippen molar-refractivity contribution in [2.45, 2.75) is 13.1 Å². The molecule has 8 heteroatoms. The first-order valence-electron chi connectivity index (χ1n) is 10.6. The van der Waals surface area contributed by atoms with Crippen molar-refractivity contribution in [1.82, 2.24) is 15.3 Å². The summed E-state index contributed by atoms with van der Waals surface area (Å²) in [5, 5.41) is 3.29. The number of hydrogen-bond donors (Lipinski definition) is 1. The zero-order chi connectivity index (χ0) is 23.5.